The number of fused-ring (bicyclic) bond motifs is 2. The minimum atomic E-state index is -4.48. The average molecular weight is 808 g/mol. The SMILES string of the molecule is C=CCN1CC(=O)N2[C@@H](Cc3ccc(O)cc3)C(=O)N(Cc3cccc4c(-c5ccc(C(=O)NNCC(F)(F)F)cc5)cn(C)c34)C[C@@H]2N1C(=O)CCc1ccccc1. The first kappa shape index (κ1) is 40.7. The summed E-state index contributed by atoms with van der Waals surface area (Å²) >= 11 is 0. The maximum absolute atomic E-state index is 14.7. The molecular weight excluding hydrogens is 764 g/mol. The van der Waals surface area contributed by atoms with Crippen LogP contribution >= 0.6 is 0 Å². The van der Waals surface area contributed by atoms with Crippen molar-refractivity contribution in [3.63, 3.8) is 0 Å². The van der Waals surface area contributed by atoms with Crippen LogP contribution in [0.4, 0.5) is 13.2 Å². The molecule has 2 fully saturated rings. The van der Waals surface area contributed by atoms with E-state index in [-0.39, 0.29) is 68.1 Å². The number of phenolic OH excluding ortho intramolecular Hbond substituents is 1. The number of hydrogen-bond donors (Lipinski definition) is 3. The number of halogens is 3. The lowest BCUT2D eigenvalue weighted by Gasteiger charge is -2.55. The lowest BCUT2D eigenvalue weighted by Crippen LogP contribution is -2.75. The molecule has 4 aromatic carbocycles. The molecule has 2 saturated heterocycles. The first-order valence-electron chi connectivity index (χ1n) is 19.2. The number of carbonyl (C=O) groups excluding carboxylic acids is 4. The Morgan fingerprint density at radius 3 is 2.36 bits per heavy atom. The number of aromatic nitrogens is 1. The topological polar surface area (TPSA) is 130 Å². The maximum Gasteiger partial charge on any atom is 0.402 e. The molecule has 7 rings (SSSR count). The van der Waals surface area contributed by atoms with Gasteiger partial charge in [0.05, 0.1) is 18.6 Å². The number of hydrazine groups is 2. The van der Waals surface area contributed by atoms with Gasteiger partial charge in [-0.3, -0.25) is 24.6 Å². The standard InChI is InChI=1S/C44H44F3N7O5/c1-3-22-52-27-40(57)53-37(23-30-12-19-34(55)20-13-30)43(59)51(26-38(53)54(52)39(56)21-14-29-8-5-4-6-9-29)24-33-10-7-11-35-36(25-50(2)41(33)35)31-15-17-32(18-16-31)42(58)49-48-28-44(45,46)47/h3-13,15-20,25,37-38,48,55H,1,14,21-24,26-28H2,2H3,(H,49,58)/t37-,38-/m0/s1. The van der Waals surface area contributed by atoms with Crippen molar-refractivity contribution in [3.8, 4) is 16.9 Å². The van der Waals surface area contributed by atoms with E-state index in [1.165, 1.54) is 24.3 Å². The Kier molecular flexibility index (Phi) is 11.9. The number of para-hydroxylation sites is 1. The summed E-state index contributed by atoms with van der Waals surface area (Å²) < 4.78 is 39.5. The number of piperazine rings is 1. The van der Waals surface area contributed by atoms with Crippen LogP contribution in [0.25, 0.3) is 22.0 Å². The Hall–Kier alpha value is -6.45. The van der Waals surface area contributed by atoms with Crippen LogP contribution in [-0.2, 0) is 40.8 Å². The predicted octanol–water partition coefficient (Wildman–Crippen LogP) is 5.33. The highest BCUT2D eigenvalue weighted by molar-refractivity contribution is 5.99. The van der Waals surface area contributed by atoms with E-state index in [9.17, 15) is 37.5 Å². The number of nitrogens with one attached hydrogen (secondary N) is 2. The fraction of sp³-hybridized carbons (Fsp3) is 0.273. The maximum atomic E-state index is 14.7. The van der Waals surface area contributed by atoms with E-state index in [4.69, 9.17) is 0 Å². The quantitative estimate of drug-likeness (QED) is 0.108. The van der Waals surface area contributed by atoms with Gasteiger partial charge in [0.15, 0.2) is 0 Å². The number of aryl methyl sites for hydroxylation is 2. The van der Waals surface area contributed by atoms with Crippen molar-refractivity contribution in [2.45, 2.75) is 44.2 Å². The minimum absolute atomic E-state index is 0.0520. The third-order valence-electron chi connectivity index (χ3n) is 10.7. The van der Waals surface area contributed by atoms with E-state index in [1.807, 2.05) is 71.8 Å². The van der Waals surface area contributed by atoms with Crippen molar-refractivity contribution in [3.05, 3.63) is 138 Å². The van der Waals surface area contributed by atoms with Gasteiger partial charge in [0.2, 0.25) is 17.7 Å². The lowest BCUT2D eigenvalue weighted by molar-refractivity contribution is -0.205. The number of benzene rings is 4. The Bertz CT molecular complexity index is 2350. The molecule has 0 spiro atoms. The first-order valence-corrected chi connectivity index (χ1v) is 19.2. The van der Waals surface area contributed by atoms with E-state index < -0.39 is 30.8 Å². The molecule has 2 aliphatic rings. The molecule has 0 saturated carbocycles. The largest absolute Gasteiger partial charge is 0.508 e. The number of rotatable bonds is 13. The zero-order valence-corrected chi connectivity index (χ0v) is 32.4. The fourth-order valence-electron chi connectivity index (χ4n) is 7.98. The molecule has 3 heterocycles. The van der Waals surface area contributed by atoms with Crippen molar-refractivity contribution in [1.82, 2.24) is 35.2 Å². The van der Waals surface area contributed by atoms with Crippen LogP contribution in [0.2, 0.25) is 0 Å². The van der Waals surface area contributed by atoms with Crippen LogP contribution in [0.3, 0.4) is 0 Å². The van der Waals surface area contributed by atoms with Crippen molar-refractivity contribution in [2.75, 3.05) is 26.2 Å². The molecule has 2 atom stereocenters. The fourth-order valence-corrected chi connectivity index (χ4v) is 7.98. The molecule has 1 aromatic heterocycles. The van der Waals surface area contributed by atoms with Gasteiger partial charge in [-0.25, -0.2) is 15.4 Å². The van der Waals surface area contributed by atoms with Crippen LogP contribution in [-0.4, -0.2) is 97.7 Å². The average Bonchev–Trinajstić information content (AvgIpc) is 3.56. The molecular formula is C44H44F3N7O5. The second-order valence-electron chi connectivity index (χ2n) is 14.7. The van der Waals surface area contributed by atoms with Gasteiger partial charge in [-0.1, -0.05) is 78.9 Å². The molecule has 5 aromatic rings. The third kappa shape index (κ3) is 9.01. The van der Waals surface area contributed by atoms with Gasteiger partial charge in [-0.2, -0.15) is 13.2 Å². The highest BCUT2D eigenvalue weighted by atomic mass is 19.4. The molecule has 0 bridgehead atoms. The summed E-state index contributed by atoms with van der Waals surface area (Å²) in [7, 11) is 1.89. The highest BCUT2D eigenvalue weighted by Gasteiger charge is 2.51. The van der Waals surface area contributed by atoms with Gasteiger partial charge in [0.25, 0.3) is 5.91 Å². The summed E-state index contributed by atoms with van der Waals surface area (Å²) in [6.45, 7) is 2.86. The second kappa shape index (κ2) is 17.2. The van der Waals surface area contributed by atoms with Gasteiger partial charge in [0.1, 0.15) is 24.5 Å². The summed E-state index contributed by atoms with van der Waals surface area (Å²) in [6, 6.07) is 27.5. The number of aromatic hydroxyl groups is 1. The van der Waals surface area contributed by atoms with E-state index in [2.05, 4.69) is 12.0 Å². The Morgan fingerprint density at radius 1 is 0.932 bits per heavy atom. The molecule has 0 aliphatic carbocycles. The van der Waals surface area contributed by atoms with Crippen LogP contribution < -0.4 is 10.9 Å². The zero-order chi connectivity index (χ0) is 41.8. The minimum Gasteiger partial charge on any atom is -0.508 e. The molecule has 59 heavy (non-hydrogen) atoms. The molecule has 15 heteroatoms. The summed E-state index contributed by atoms with van der Waals surface area (Å²) in [4.78, 5) is 58.8. The van der Waals surface area contributed by atoms with E-state index >= 15 is 0 Å². The second-order valence-corrected chi connectivity index (χ2v) is 14.7. The summed E-state index contributed by atoms with van der Waals surface area (Å²) in [5, 5.41) is 14.2. The Morgan fingerprint density at radius 2 is 1.66 bits per heavy atom. The lowest BCUT2D eigenvalue weighted by atomic mass is 9.97. The highest BCUT2D eigenvalue weighted by Crippen LogP contribution is 2.35. The molecule has 0 unspecified atom stereocenters. The first-order chi connectivity index (χ1) is 28.3. The summed E-state index contributed by atoms with van der Waals surface area (Å²) in [5.74, 6) is -1.39. The monoisotopic (exact) mass is 807 g/mol. The van der Waals surface area contributed by atoms with Crippen molar-refractivity contribution < 1.29 is 37.5 Å². The molecule has 0 radical (unpaired) electrons. The van der Waals surface area contributed by atoms with Gasteiger partial charge in [0, 0.05) is 55.7 Å². The smallest absolute Gasteiger partial charge is 0.402 e. The summed E-state index contributed by atoms with van der Waals surface area (Å²) in [6.07, 6.45) is -0.874. The van der Waals surface area contributed by atoms with Gasteiger partial charge >= 0.3 is 6.18 Å². The zero-order valence-electron chi connectivity index (χ0n) is 32.4. The van der Waals surface area contributed by atoms with Crippen LogP contribution in [0.15, 0.2) is 116 Å². The normalized spacial score (nSPS) is 17.3. The number of amides is 4. The number of phenols is 1. The molecule has 2 aliphatic heterocycles. The number of carbonyl (C=O) groups is 4. The third-order valence-corrected chi connectivity index (χ3v) is 10.7. The molecule has 12 nitrogen and oxygen atoms in total. The van der Waals surface area contributed by atoms with E-state index in [0.717, 1.165) is 38.7 Å². The number of nitrogens with zero attached hydrogens (tertiary/aromatic N) is 5. The van der Waals surface area contributed by atoms with Gasteiger partial charge in [-0.15, -0.1) is 6.58 Å². The van der Waals surface area contributed by atoms with Crippen LogP contribution in [0, 0.1) is 0 Å². The van der Waals surface area contributed by atoms with Crippen molar-refractivity contribution in [2.24, 2.45) is 7.05 Å². The number of alkyl halides is 3. The Balaban J connectivity index is 1.20. The van der Waals surface area contributed by atoms with Gasteiger partial charge < -0.3 is 19.5 Å². The van der Waals surface area contributed by atoms with Crippen LogP contribution in [0.1, 0.15) is 33.5 Å². The molecule has 4 amide bonds. The van der Waals surface area contributed by atoms with Crippen molar-refractivity contribution >= 4 is 34.5 Å². The Labute approximate surface area is 339 Å². The summed E-state index contributed by atoms with van der Waals surface area (Å²) in [5.41, 5.74) is 9.12. The molecule has 306 valence electrons. The number of hydrogen-bond acceptors (Lipinski definition) is 7. The van der Waals surface area contributed by atoms with E-state index in [1.54, 1.807) is 50.2 Å². The van der Waals surface area contributed by atoms with Gasteiger partial charge in [-0.05, 0) is 52.9 Å². The van der Waals surface area contributed by atoms with Crippen LogP contribution in [0.5, 0.6) is 5.75 Å². The molecule has 3 N–H and O–H groups in total. The van der Waals surface area contributed by atoms with Crippen molar-refractivity contribution in [1.29, 1.82) is 0 Å². The van der Waals surface area contributed by atoms with E-state index in [0.29, 0.717) is 6.42 Å². The predicted molar refractivity (Wildman–Crippen MR) is 215 cm³/mol.